The smallest absolute Gasteiger partial charge is 0.125 e. The van der Waals surface area contributed by atoms with Gasteiger partial charge < -0.3 is 10.1 Å². The molecule has 0 unspecified atom stereocenters. The van der Waals surface area contributed by atoms with E-state index >= 15 is 0 Å². The molecule has 0 aliphatic heterocycles. The molecule has 84 valence electrons. The molecule has 0 radical (unpaired) electrons. The van der Waals surface area contributed by atoms with Gasteiger partial charge >= 0.3 is 0 Å². The first kappa shape index (κ1) is 12.5. The molecule has 0 saturated heterocycles. The van der Waals surface area contributed by atoms with E-state index in [2.05, 4.69) is 40.3 Å². The van der Waals surface area contributed by atoms with Crippen LogP contribution in [-0.2, 0) is 12.8 Å². The van der Waals surface area contributed by atoms with Crippen molar-refractivity contribution in [3.05, 3.63) is 27.7 Å². The Kier molecular flexibility index (Phi) is 5.12. The van der Waals surface area contributed by atoms with Crippen LogP contribution in [0.25, 0.3) is 0 Å². The molecule has 0 aliphatic carbocycles. The molecule has 0 saturated carbocycles. The second-order valence-electron chi connectivity index (χ2n) is 3.46. The maximum absolute atomic E-state index is 5.47. The van der Waals surface area contributed by atoms with Crippen molar-refractivity contribution in [3.8, 4) is 5.75 Å². The van der Waals surface area contributed by atoms with Gasteiger partial charge in [0.1, 0.15) is 5.75 Å². The zero-order valence-electron chi connectivity index (χ0n) is 9.56. The zero-order valence-corrected chi connectivity index (χ0v) is 11.1. The largest absolute Gasteiger partial charge is 0.496 e. The monoisotopic (exact) mass is 271 g/mol. The molecular formula is C12H18BrNO. The van der Waals surface area contributed by atoms with Crippen LogP contribution in [0.4, 0.5) is 0 Å². The highest BCUT2D eigenvalue weighted by molar-refractivity contribution is 9.10. The predicted octanol–water partition coefficient (Wildman–Crippen LogP) is 2.78. The number of halogens is 1. The zero-order chi connectivity index (χ0) is 11.3. The minimum atomic E-state index is 0.968. The van der Waals surface area contributed by atoms with Crippen LogP contribution in [0.1, 0.15) is 18.1 Å². The van der Waals surface area contributed by atoms with Gasteiger partial charge in [-0.15, -0.1) is 0 Å². The summed E-state index contributed by atoms with van der Waals surface area (Å²) in [6.45, 7) is 3.11. The maximum atomic E-state index is 5.47. The summed E-state index contributed by atoms with van der Waals surface area (Å²) in [7, 11) is 3.70. The van der Waals surface area contributed by atoms with Crippen molar-refractivity contribution in [2.45, 2.75) is 19.8 Å². The van der Waals surface area contributed by atoms with Crippen LogP contribution in [0, 0.1) is 0 Å². The summed E-state index contributed by atoms with van der Waals surface area (Å²) >= 11 is 3.53. The third-order valence-electron chi connectivity index (χ3n) is 2.44. The van der Waals surface area contributed by atoms with Crippen LogP contribution >= 0.6 is 15.9 Å². The van der Waals surface area contributed by atoms with E-state index in [-0.39, 0.29) is 0 Å². The molecule has 2 nitrogen and oxygen atoms in total. The van der Waals surface area contributed by atoms with E-state index in [1.165, 1.54) is 11.1 Å². The van der Waals surface area contributed by atoms with Gasteiger partial charge in [0, 0.05) is 4.47 Å². The molecule has 0 aliphatic rings. The topological polar surface area (TPSA) is 21.3 Å². The molecule has 0 fully saturated rings. The predicted molar refractivity (Wildman–Crippen MR) is 67.7 cm³/mol. The van der Waals surface area contributed by atoms with Gasteiger partial charge in [0.25, 0.3) is 0 Å². The molecule has 0 aromatic heterocycles. The van der Waals surface area contributed by atoms with Gasteiger partial charge in [-0.25, -0.2) is 0 Å². The van der Waals surface area contributed by atoms with E-state index in [0.29, 0.717) is 0 Å². The lowest BCUT2D eigenvalue weighted by molar-refractivity contribution is 0.404. The molecule has 15 heavy (non-hydrogen) atoms. The Balaban J connectivity index is 3.05. The summed E-state index contributed by atoms with van der Waals surface area (Å²) in [5, 5.41) is 3.15. The van der Waals surface area contributed by atoms with Gasteiger partial charge in [0.15, 0.2) is 0 Å². The van der Waals surface area contributed by atoms with Crippen LogP contribution < -0.4 is 10.1 Å². The van der Waals surface area contributed by atoms with Crippen LogP contribution in [-0.4, -0.2) is 20.7 Å². The maximum Gasteiger partial charge on any atom is 0.125 e. The Morgan fingerprint density at radius 3 is 2.53 bits per heavy atom. The third-order valence-corrected chi connectivity index (χ3v) is 2.89. The number of ether oxygens (including phenoxy) is 1. The number of likely N-dealkylation sites (N-methyl/N-ethyl adjacent to an activating group) is 1. The summed E-state index contributed by atoms with van der Waals surface area (Å²) in [4.78, 5) is 0. The van der Waals surface area contributed by atoms with Crippen molar-refractivity contribution in [2.24, 2.45) is 0 Å². The summed E-state index contributed by atoms with van der Waals surface area (Å²) in [6, 6.07) is 4.26. The first-order valence-corrected chi connectivity index (χ1v) is 6.02. The molecular weight excluding hydrogens is 254 g/mol. The summed E-state index contributed by atoms with van der Waals surface area (Å²) < 4.78 is 6.60. The molecule has 1 rings (SSSR count). The first-order chi connectivity index (χ1) is 7.22. The number of methoxy groups -OCH3 is 1. The van der Waals surface area contributed by atoms with Crippen LogP contribution in [0.15, 0.2) is 16.6 Å². The fourth-order valence-electron chi connectivity index (χ4n) is 1.68. The van der Waals surface area contributed by atoms with E-state index in [0.717, 1.165) is 29.6 Å². The number of hydrogen-bond donors (Lipinski definition) is 1. The molecule has 0 bridgehead atoms. The number of nitrogens with one attached hydrogen (secondary N) is 1. The van der Waals surface area contributed by atoms with Crippen LogP contribution in [0.2, 0.25) is 0 Å². The van der Waals surface area contributed by atoms with Crippen LogP contribution in [0.5, 0.6) is 5.75 Å². The van der Waals surface area contributed by atoms with Crippen molar-refractivity contribution in [2.75, 3.05) is 20.7 Å². The average Bonchev–Trinajstić information content (AvgIpc) is 2.25. The Labute approximate surface area is 100 Å². The Morgan fingerprint density at radius 2 is 2.00 bits per heavy atom. The SMILES string of the molecule is CCc1cc(Br)cc(CCNC)c1OC. The number of rotatable bonds is 5. The third kappa shape index (κ3) is 3.21. The Bertz CT molecular complexity index is 326. The van der Waals surface area contributed by atoms with Gasteiger partial charge in [0.2, 0.25) is 0 Å². The van der Waals surface area contributed by atoms with Gasteiger partial charge in [-0.05, 0) is 49.7 Å². The summed E-state index contributed by atoms with van der Waals surface area (Å²) in [5.41, 5.74) is 2.52. The Morgan fingerprint density at radius 1 is 1.33 bits per heavy atom. The number of hydrogen-bond acceptors (Lipinski definition) is 2. The van der Waals surface area contributed by atoms with Crippen molar-refractivity contribution < 1.29 is 4.74 Å². The van der Waals surface area contributed by atoms with E-state index < -0.39 is 0 Å². The molecule has 3 heteroatoms. The minimum Gasteiger partial charge on any atom is -0.496 e. The lowest BCUT2D eigenvalue weighted by Crippen LogP contribution is -2.11. The van der Waals surface area contributed by atoms with Gasteiger partial charge in [-0.3, -0.25) is 0 Å². The van der Waals surface area contributed by atoms with E-state index in [9.17, 15) is 0 Å². The highest BCUT2D eigenvalue weighted by Crippen LogP contribution is 2.29. The number of aryl methyl sites for hydroxylation is 1. The van der Waals surface area contributed by atoms with E-state index in [1.54, 1.807) is 7.11 Å². The Hall–Kier alpha value is -0.540. The molecule has 1 N–H and O–H groups in total. The van der Waals surface area contributed by atoms with E-state index in [4.69, 9.17) is 4.74 Å². The highest BCUT2D eigenvalue weighted by atomic mass is 79.9. The van der Waals surface area contributed by atoms with Gasteiger partial charge in [-0.1, -0.05) is 22.9 Å². The summed E-state index contributed by atoms with van der Waals surface area (Å²) in [6.07, 6.45) is 1.99. The van der Waals surface area contributed by atoms with E-state index in [1.807, 2.05) is 7.05 Å². The molecule has 1 aromatic rings. The van der Waals surface area contributed by atoms with Gasteiger partial charge in [-0.2, -0.15) is 0 Å². The molecule has 1 aromatic carbocycles. The summed E-state index contributed by atoms with van der Waals surface area (Å²) in [5.74, 6) is 1.04. The molecule has 0 spiro atoms. The van der Waals surface area contributed by atoms with Crippen molar-refractivity contribution in [1.29, 1.82) is 0 Å². The fraction of sp³-hybridized carbons (Fsp3) is 0.500. The standard InChI is InChI=1S/C12H18BrNO/c1-4-9-7-11(13)8-10(5-6-14-2)12(9)15-3/h7-8,14H,4-6H2,1-3H3. The fourth-order valence-corrected chi connectivity index (χ4v) is 2.23. The molecule has 0 atom stereocenters. The average molecular weight is 272 g/mol. The quantitative estimate of drug-likeness (QED) is 0.890. The normalized spacial score (nSPS) is 10.4. The van der Waals surface area contributed by atoms with Gasteiger partial charge in [0.05, 0.1) is 7.11 Å². The number of benzene rings is 1. The molecule has 0 amide bonds. The second-order valence-corrected chi connectivity index (χ2v) is 4.38. The highest BCUT2D eigenvalue weighted by Gasteiger charge is 2.09. The van der Waals surface area contributed by atoms with Crippen molar-refractivity contribution in [3.63, 3.8) is 0 Å². The minimum absolute atomic E-state index is 0.968. The van der Waals surface area contributed by atoms with Crippen LogP contribution in [0.3, 0.4) is 0 Å². The van der Waals surface area contributed by atoms with Crippen molar-refractivity contribution in [1.82, 2.24) is 5.32 Å². The lowest BCUT2D eigenvalue weighted by Gasteiger charge is -2.13. The lowest BCUT2D eigenvalue weighted by atomic mass is 10.0. The molecule has 0 heterocycles. The first-order valence-electron chi connectivity index (χ1n) is 5.22. The second kappa shape index (κ2) is 6.13. The van der Waals surface area contributed by atoms with Crippen molar-refractivity contribution >= 4 is 15.9 Å².